The summed E-state index contributed by atoms with van der Waals surface area (Å²) in [5, 5.41) is 10.1. The first kappa shape index (κ1) is 10.9. The SMILES string of the molecule is Cc1cc(C(=O)Nc2nnns2)cc(Cl)n1. The minimum Gasteiger partial charge on any atom is -0.295 e. The van der Waals surface area contributed by atoms with E-state index in [1.54, 1.807) is 13.0 Å². The van der Waals surface area contributed by atoms with Crippen molar-refractivity contribution in [3.05, 3.63) is 28.5 Å². The maximum atomic E-state index is 11.7. The first-order valence-electron chi connectivity index (χ1n) is 4.26. The third-order valence-corrected chi connectivity index (χ3v) is 2.41. The monoisotopic (exact) mass is 255 g/mol. The van der Waals surface area contributed by atoms with Crippen molar-refractivity contribution < 1.29 is 4.79 Å². The number of aromatic nitrogens is 4. The molecule has 0 fully saturated rings. The molecule has 0 spiro atoms. The van der Waals surface area contributed by atoms with Crippen LogP contribution in [0.25, 0.3) is 0 Å². The number of halogens is 1. The van der Waals surface area contributed by atoms with Crippen molar-refractivity contribution in [1.29, 1.82) is 0 Å². The predicted octanol–water partition coefficient (Wildman–Crippen LogP) is 1.54. The molecule has 8 heteroatoms. The van der Waals surface area contributed by atoms with Crippen LogP contribution in [0.5, 0.6) is 0 Å². The predicted molar refractivity (Wildman–Crippen MR) is 59.6 cm³/mol. The fourth-order valence-corrected chi connectivity index (χ4v) is 1.72. The molecule has 2 aromatic heterocycles. The van der Waals surface area contributed by atoms with Crippen LogP contribution in [0, 0.1) is 6.92 Å². The number of carbonyl (C=O) groups is 1. The van der Waals surface area contributed by atoms with Crippen molar-refractivity contribution in [3.63, 3.8) is 0 Å². The molecule has 0 aromatic carbocycles. The fraction of sp³-hybridized carbons (Fsp3) is 0.125. The quantitative estimate of drug-likeness (QED) is 0.824. The van der Waals surface area contributed by atoms with Gasteiger partial charge < -0.3 is 0 Å². The van der Waals surface area contributed by atoms with Crippen molar-refractivity contribution in [2.75, 3.05) is 5.32 Å². The number of nitrogens with one attached hydrogen (secondary N) is 1. The maximum Gasteiger partial charge on any atom is 0.257 e. The molecule has 0 aliphatic carbocycles. The van der Waals surface area contributed by atoms with Gasteiger partial charge in [-0.25, -0.2) is 4.98 Å². The summed E-state index contributed by atoms with van der Waals surface area (Å²) in [5.74, 6) is -0.314. The van der Waals surface area contributed by atoms with E-state index in [4.69, 9.17) is 11.6 Å². The van der Waals surface area contributed by atoms with Crippen molar-refractivity contribution in [2.24, 2.45) is 0 Å². The molecule has 1 N–H and O–H groups in total. The van der Waals surface area contributed by atoms with Gasteiger partial charge in [0.1, 0.15) is 5.15 Å². The van der Waals surface area contributed by atoms with Gasteiger partial charge in [0.25, 0.3) is 5.91 Å². The van der Waals surface area contributed by atoms with E-state index in [1.807, 2.05) is 0 Å². The van der Waals surface area contributed by atoms with Gasteiger partial charge in [-0.2, -0.15) is 0 Å². The molecule has 16 heavy (non-hydrogen) atoms. The number of rotatable bonds is 2. The zero-order chi connectivity index (χ0) is 11.5. The van der Waals surface area contributed by atoms with Gasteiger partial charge in [-0.05, 0) is 24.3 Å². The second kappa shape index (κ2) is 4.50. The zero-order valence-corrected chi connectivity index (χ0v) is 9.71. The lowest BCUT2D eigenvalue weighted by atomic mass is 10.2. The summed E-state index contributed by atoms with van der Waals surface area (Å²) in [6, 6.07) is 3.12. The van der Waals surface area contributed by atoms with Gasteiger partial charge in [-0.3, -0.25) is 10.1 Å². The highest BCUT2D eigenvalue weighted by molar-refractivity contribution is 7.09. The van der Waals surface area contributed by atoms with Crippen molar-refractivity contribution in [1.82, 2.24) is 19.8 Å². The Hall–Kier alpha value is -1.60. The summed E-state index contributed by atoms with van der Waals surface area (Å²) in [5.41, 5.74) is 1.10. The molecule has 0 aliphatic heterocycles. The smallest absolute Gasteiger partial charge is 0.257 e. The highest BCUT2D eigenvalue weighted by Gasteiger charge is 2.10. The van der Waals surface area contributed by atoms with Crippen LogP contribution in [0.3, 0.4) is 0 Å². The minimum atomic E-state index is -0.314. The first-order chi connectivity index (χ1) is 7.65. The molecule has 0 aliphatic rings. The third kappa shape index (κ3) is 2.50. The fourth-order valence-electron chi connectivity index (χ4n) is 1.11. The molecule has 0 saturated heterocycles. The third-order valence-electron chi connectivity index (χ3n) is 1.70. The Kier molecular flexibility index (Phi) is 3.07. The van der Waals surface area contributed by atoms with E-state index in [0.717, 1.165) is 11.5 Å². The van der Waals surface area contributed by atoms with Crippen LogP contribution in [-0.2, 0) is 0 Å². The van der Waals surface area contributed by atoms with Gasteiger partial charge in [0.2, 0.25) is 5.13 Å². The van der Waals surface area contributed by atoms with Gasteiger partial charge in [-0.15, -0.1) is 0 Å². The Labute approximate surface area is 99.8 Å². The summed E-state index contributed by atoms with van der Waals surface area (Å²) in [4.78, 5) is 15.7. The summed E-state index contributed by atoms with van der Waals surface area (Å²) in [6.07, 6.45) is 0. The molecule has 0 bridgehead atoms. The van der Waals surface area contributed by atoms with Crippen molar-refractivity contribution in [2.45, 2.75) is 6.92 Å². The topological polar surface area (TPSA) is 80.7 Å². The summed E-state index contributed by atoms with van der Waals surface area (Å²) in [6.45, 7) is 1.76. The van der Waals surface area contributed by atoms with E-state index in [0.29, 0.717) is 16.4 Å². The van der Waals surface area contributed by atoms with E-state index in [-0.39, 0.29) is 11.1 Å². The zero-order valence-electron chi connectivity index (χ0n) is 8.14. The maximum absolute atomic E-state index is 11.7. The summed E-state index contributed by atoms with van der Waals surface area (Å²) >= 11 is 6.75. The molecule has 0 saturated carbocycles. The van der Waals surface area contributed by atoms with Crippen LogP contribution in [0.1, 0.15) is 16.1 Å². The van der Waals surface area contributed by atoms with Crippen LogP contribution in [0.4, 0.5) is 5.13 Å². The molecular weight excluding hydrogens is 250 g/mol. The molecule has 2 aromatic rings. The molecule has 0 atom stereocenters. The number of anilines is 1. The lowest BCUT2D eigenvalue weighted by Crippen LogP contribution is -2.12. The average molecular weight is 256 g/mol. The van der Waals surface area contributed by atoms with Gasteiger partial charge in [0.05, 0.1) is 0 Å². The van der Waals surface area contributed by atoms with Crippen LogP contribution in [-0.4, -0.2) is 25.7 Å². The average Bonchev–Trinajstić information content (AvgIpc) is 2.68. The number of pyridine rings is 1. The highest BCUT2D eigenvalue weighted by Crippen LogP contribution is 2.13. The summed E-state index contributed by atoms with van der Waals surface area (Å²) in [7, 11) is 0. The van der Waals surface area contributed by atoms with E-state index in [1.165, 1.54) is 6.07 Å². The van der Waals surface area contributed by atoms with Gasteiger partial charge in [0, 0.05) is 22.8 Å². The number of hydrogen-bond donors (Lipinski definition) is 1. The number of carbonyl (C=O) groups excluding carboxylic acids is 1. The Bertz CT molecular complexity index is 495. The van der Waals surface area contributed by atoms with Crippen LogP contribution in [0.2, 0.25) is 5.15 Å². The molecule has 1 amide bonds. The second-order valence-electron chi connectivity index (χ2n) is 2.94. The van der Waals surface area contributed by atoms with E-state index < -0.39 is 0 Å². The Morgan fingerprint density at radius 1 is 1.50 bits per heavy atom. The highest BCUT2D eigenvalue weighted by atomic mass is 35.5. The number of amides is 1. The molecular formula is C8H6ClN5OS. The standard InChI is InChI=1S/C8H6ClN5OS/c1-4-2-5(3-6(9)10-4)7(15)11-8-12-13-14-16-8/h2-3H,1H3,(H,11,12,14,15). The van der Waals surface area contributed by atoms with Gasteiger partial charge in [0.15, 0.2) is 0 Å². The van der Waals surface area contributed by atoms with Crippen molar-refractivity contribution >= 4 is 34.2 Å². The molecule has 82 valence electrons. The number of hydrogen-bond acceptors (Lipinski definition) is 6. The number of nitrogens with zero attached hydrogens (tertiary/aromatic N) is 4. The minimum absolute atomic E-state index is 0.278. The van der Waals surface area contributed by atoms with Crippen LogP contribution >= 0.6 is 23.1 Å². The Morgan fingerprint density at radius 3 is 2.94 bits per heavy atom. The Morgan fingerprint density at radius 2 is 2.31 bits per heavy atom. The van der Waals surface area contributed by atoms with E-state index in [2.05, 4.69) is 25.1 Å². The largest absolute Gasteiger partial charge is 0.295 e. The van der Waals surface area contributed by atoms with E-state index >= 15 is 0 Å². The molecule has 0 radical (unpaired) electrons. The lowest BCUT2D eigenvalue weighted by molar-refractivity contribution is 0.102. The van der Waals surface area contributed by atoms with Gasteiger partial charge >= 0.3 is 0 Å². The molecule has 6 nitrogen and oxygen atoms in total. The summed E-state index contributed by atoms with van der Waals surface area (Å²) < 4.78 is 3.53. The Balaban J connectivity index is 2.21. The van der Waals surface area contributed by atoms with Crippen molar-refractivity contribution in [3.8, 4) is 0 Å². The molecule has 0 unspecified atom stereocenters. The molecule has 2 rings (SSSR count). The van der Waals surface area contributed by atoms with Gasteiger partial charge in [-0.1, -0.05) is 21.2 Å². The first-order valence-corrected chi connectivity index (χ1v) is 5.41. The lowest BCUT2D eigenvalue weighted by Gasteiger charge is -2.02. The van der Waals surface area contributed by atoms with Crippen LogP contribution in [0.15, 0.2) is 12.1 Å². The molecule has 2 heterocycles. The second-order valence-corrected chi connectivity index (χ2v) is 4.06. The van der Waals surface area contributed by atoms with E-state index in [9.17, 15) is 4.79 Å². The van der Waals surface area contributed by atoms with Crippen LogP contribution < -0.4 is 5.32 Å². The normalized spacial score (nSPS) is 10.1. The number of aryl methyl sites for hydroxylation is 1.